The Labute approximate surface area is 137 Å². The molecule has 1 aromatic rings. The molecule has 0 radical (unpaired) electrons. The Balaban J connectivity index is 1.98. The second-order valence-electron chi connectivity index (χ2n) is 6.87. The van der Waals surface area contributed by atoms with Crippen molar-refractivity contribution in [3.63, 3.8) is 0 Å². The number of benzene rings is 1. The Kier molecular flexibility index (Phi) is 5.01. The normalized spacial score (nSPS) is 17.9. The smallest absolute Gasteiger partial charge is 0.330 e. The molecule has 0 aliphatic carbocycles. The fourth-order valence-electron chi connectivity index (χ4n) is 2.34. The van der Waals surface area contributed by atoms with Gasteiger partial charge in [0.25, 0.3) is 0 Å². The largest absolute Gasteiger partial charge is 0.399 e. The summed E-state index contributed by atoms with van der Waals surface area (Å²) in [4.78, 5) is 17.5. The molecule has 6 nitrogen and oxygen atoms in total. The second kappa shape index (κ2) is 6.49. The van der Waals surface area contributed by atoms with Gasteiger partial charge in [0.2, 0.25) is 0 Å². The Bertz CT molecular complexity index is 654. The van der Waals surface area contributed by atoms with E-state index in [2.05, 4.69) is 0 Å². The van der Waals surface area contributed by atoms with Crippen LogP contribution >= 0.6 is 0 Å². The zero-order valence-electron chi connectivity index (χ0n) is 13.8. The molecule has 0 spiro atoms. The zero-order chi connectivity index (χ0) is 17.3. The van der Waals surface area contributed by atoms with Crippen LogP contribution in [0.5, 0.6) is 0 Å². The molecule has 0 aromatic heterocycles. The maximum absolute atomic E-state index is 12.6. The molecule has 1 aliphatic heterocycles. The molecule has 0 amide bonds. The average molecular weight is 340 g/mol. The minimum absolute atomic E-state index is 0.289. The number of carbonyl (C=O) groups excluding carboxylic acids is 1. The lowest BCUT2D eigenvalue weighted by Gasteiger charge is -2.31. The van der Waals surface area contributed by atoms with E-state index in [1.807, 2.05) is 0 Å². The second-order valence-corrected chi connectivity index (χ2v) is 9.10. The van der Waals surface area contributed by atoms with Crippen LogP contribution in [0.3, 0.4) is 0 Å². The third-order valence-electron chi connectivity index (χ3n) is 3.87. The van der Waals surface area contributed by atoms with Gasteiger partial charge in [-0.05, 0) is 57.9 Å². The van der Waals surface area contributed by atoms with Crippen LogP contribution < -0.4 is 5.73 Å². The van der Waals surface area contributed by atoms with Gasteiger partial charge < -0.3 is 10.6 Å². The van der Waals surface area contributed by atoms with Gasteiger partial charge in [0.15, 0.2) is 9.84 Å². The van der Waals surface area contributed by atoms with E-state index in [-0.39, 0.29) is 10.9 Å². The maximum Gasteiger partial charge on any atom is 0.330 e. The molecule has 1 aromatic carbocycles. The highest BCUT2D eigenvalue weighted by Gasteiger charge is 2.34. The molecule has 1 fully saturated rings. The third-order valence-corrected chi connectivity index (χ3v) is 6.15. The van der Waals surface area contributed by atoms with E-state index in [1.165, 1.54) is 12.1 Å². The number of nitrogens with two attached hydrogens (primary N) is 1. The number of hydrogen-bond acceptors (Lipinski definition) is 6. The van der Waals surface area contributed by atoms with Crippen LogP contribution in [0.2, 0.25) is 0 Å². The van der Waals surface area contributed by atoms with Crippen LogP contribution in [0.1, 0.15) is 33.6 Å². The first-order valence-electron chi connectivity index (χ1n) is 7.67. The molecule has 0 atom stereocenters. The summed E-state index contributed by atoms with van der Waals surface area (Å²) < 4.78 is 25.2. The van der Waals surface area contributed by atoms with E-state index in [1.54, 1.807) is 38.0 Å². The summed E-state index contributed by atoms with van der Waals surface area (Å²) in [5, 5.41) is 1.10. The fourth-order valence-corrected chi connectivity index (χ4v) is 4.07. The van der Waals surface area contributed by atoms with Crippen molar-refractivity contribution in [2.45, 2.75) is 43.8 Å². The van der Waals surface area contributed by atoms with Gasteiger partial charge in [-0.15, -0.1) is 5.06 Å². The van der Waals surface area contributed by atoms with Gasteiger partial charge in [-0.25, -0.2) is 13.2 Å². The fraction of sp³-hybridized carbons (Fsp3) is 0.562. The molecular formula is C16H24N2O4S. The number of hydrogen-bond donors (Lipinski definition) is 1. The average Bonchev–Trinajstić information content (AvgIpc) is 2.47. The molecule has 1 aliphatic rings. The number of hydroxylamine groups is 2. The number of anilines is 1. The van der Waals surface area contributed by atoms with Crippen LogP contribution in [-0.4, -0.2) is 37.8 Å². The van der Waals surface area contributed by atoms with Crippen molar-refractivity contribution >= 4 is 21.5 Å². The van der Waals surface area contributed by atoms with Crippen LogP contribution in [0, 0.1) is 5.41 Å². The van der Waals surface area contributed by atoms with Crippen molar-refractivity contribution in [1.29, 1.82) is 0 Å². The minimum atomic E-state index is -3.38. The van der Waals surface area contributed by atoms with Gasteiger partial charge in [0.1, 0.15) is 0 Å². The first kappa shape index (κ1) is 17.7. The lowest BCUT2D eigenvalue weighted by atomic mass is 9.98. The highest BCUT2D eigenvalue weighted by atomic mass is 32.2. The predicted octanol–water partition coefficient (Wildman–Crippen LogP) is 2.01. The molecule has 0 bridgehead atoms. The Morgan fingerprint density at radius 1 is 1.17 bits per heavy atom. The van der Waals surface area contributed by atoms with Crippen molar-refractivity contribution in [3.8, 4) is 0 Å². The molecule has 2 N–H and O–H groups in total. The zero-order valence-corrected chi connectivity index (χ0v) is 14.6. The number of nitrogen functional groups attached to an aromatic ring is 1. The number of carbonyl (C=O) groups is 1. The van der Waals surface area contributed by atoms with Crippen LogP contribution in [0.25, 0.3) is 0 Å². The highest BCUT2D eigenvalue weighted by Crippen LogP contribution is 2.26. The Hall–Kier alpha value is -1.60. The molecular weight excluding hydrogens is 316 g/mol. The molecule has 0 saturated carbocycles. The summed E-state index contributed by atoms with van der Waals surface area (Å²) in [6, 6.07) is 6.26. The summed E-state index contributed by atoms with van der Waals surface area (Å²) >= 11 is 0. The standard InChI is InChI=1S/C16H24N2O4S/c1-16(2,3)15(19)22-18-10-8-14(9-11-18)23(20,21)13-6-4-12(17)5-7-13/h4-7,14H,8-11,17H2,1-3H3. The maximum atomic E-state index is 12.6. The summed E-state index contributed by atoms with van der Waals surface area (Å²) in [5.74, 6) is -0.308. The highest BCUT2D eigenvalue weighted by molar-refractivity contribution is 7.92. The summed E-state index contributed by atoms with van der Waals surface area (Å²) in [7, 11) is -3.38. The van der Waals surface area contributed by atoms with Crippen LogP contribution in [0.4, 0.5) is 5.69 Å². The lowest BCUT2D eigenvalue weighted by Crippen LogP contribution is -2.42. The Morgan fingerprint density at radius 3 is 2.17 bits per heavy atom. The first-order valence-corrected chi connectivity index (χ1v) is 9.22. The van der Waals surface area contributed by atoms with Gasteiger partial charge >= 0.3 is 5.97 Å². The van der Waals surface area contributed by atoms with Gasteiger partial charge in [0.05, 0.1) is 15.6 Å². The quantitative estimate of drug-likeness (QED) is 0.847. The Morgan fingerprint density at radius 2 is 1.70 bits per heavy atom. The SMILES string of the molecule is CC(C)(C)C(=O)ON1CCC(S(=O)(=O)c2ccc(N)cc2)CC1. The number of piperidine rings is 1. The van der Waals surface area contributed by atoms with Crippen molar-refractivity contribution in [3.05, 3.63) is 24.3 Å². The van der Waals surface area contributed by atoms with Gasteiger partial charge in [-0.3, -0.25) is 0 Å². The first-order chi connectivity index (χ1) is 10.6. The molecule has 1 saturated heterocycles. The topological polar surface area (TPSA) is 89.7 Å². The third kappa shape index (κ3) is 4.23. The predicted molar refractivity (Wildman–Crippen MR) is 88.2 cm³/mol. The number of sulfone groups is 1. The molecule has 2 rings (SSSR count). The summed E-state index contributed by atoms with van der Waals surface area (Å²) in [6.45, 7) is 6.19. The van der Waals surface area contributed by atoms with Crippen molar-refractivity contribution in [2.75, 3.05) is 18.8 Å². The molecule has 1 heterocycles. The molecule has 7 heteroatoms. The van der Waals surface area contributed by atoms with E-state index in [0.29, 0.717) is 31.6 Å². The molecule has 0 unspecified atom stereocenters. The van der Waals surface area contributed by atoms with Crippen molar-refractivity contribution in [1.82, 2.24) is 5.06 Å². The van der Waals surface area contributed by atoms with Crippen molar-refractivity contribution in [2.24, 2.45) is 5.41 Å². The van der Waals surface area contributed by atoms with Gasteiger partial charge in [-0.2, -0.15) is 0 Å². The van der Waals surface area contributed by atoms with E-state index in [0.717, 1.165) is 0 Å². The minimum Gasteiger partial charge on any atom is -0.399 e. The van der Waals surface area contributed by atoms with Crippen molar-refractivity contribution < 1.29 is 18.0 Å². The van der Waals surface area contributed by atoms with Gasteiger partial charge in [-0.1, -0.05) is 0 Å². The van der Waals surface area contributed by atoms with Gasteiger partial charge in [0, 0.05) is 18.8 Å². The van der Waals surface area contributed by atoms with E-state index >= 15 is 0 Å². The van der Waals surface area contributed by atoms with Crippen LogP contribution in [0.15, 0.2) is 29.2 Å². The monoisotopic (exact) mass is 340 g/mol. The number of nitrogens with zero attached hydrogens (tertiary/aromatic N) is 1. The summed E-state index contributed by atoms with van der Waals surface area (Å²) in [5.41, 5.74) is 5.56. The summed E-state index contributed by atoms with van der Waals surface area (Å²) in [6.07, 6.45) is 0.869. The van der Waals surface area contributed by atoms with Crippen LogP contribution in [-0.2, 0) is 19.5 Å². The van der Waals surface area contributed by atoms with E-state index < -0.39 is 20.5 Å². The lowest BCUT2D eigenvalue weighted by molar-refractivity contribution is -0.203. The molecule has 23 heavy (non-hydrogen) atoms. The van der Waals surface area contributed by atoms with E-state index in [9.17, 15) is 13.2 Å². The molecule has 128 valence electrons. The number of rotatable bonds is 3. The van der Waals surface area contributed by atoms with E-state index in [4.69, 9.17) is 10.6 Å².